The summed E-state index contributed by atoms with van der Waals surface area (Å²) < 4.78 is 10.6. The summed E-state index contributed by atoms with van der Waals surface area (Å²) in [5, 5.41) is 9.54. The molecule has 0 aromatic rings. The van der Waals surface area contributed by atoms with Crippen LogP contribution in [0.25, 0.3) is 0 Å². The summed E-state index contributed by atoms with van der Waals surface area (Å²) in [7, 11) is 0. The number of ether oxygens (including phenoxy) is 2. The van der Waals surface area contributed by atoms with Crippen LogP contribution in [0.3, 0.4) is 0 Å². The molecule has 1 N–H and O–H groups in total. The van der Waals surface area contributed by atoms with Gasteiger partial charge in [0.1, 0.15) is 6.61 Å². The number of aliphatic hydroxyl groups excluding tert-OH is 1. The number of aliphatic hydroxyl groups is 1. The SMILES string of the molecule is CCCCC/C=C/C/C=C/CCCCCCCCCCCC(=O)O[C@@H](CO)COC(=O)CCCCCCCCCCCCCC. The summed E-state index contributed by atoms with van der Waals surface area (Å²) in [6, 6.07) is 0. The molecule has 0 fully saturated rings. The number of hydrogen-bond donors (Lipinski definition) is 1. The van der Waals surface area contributed by atoms with E-state index in [-0.39, 0.29) is 25.2 Å². The topological polar surface area (TPSA) is 72.8 Å². The Kier molecular flexibility index (Phi) is 35.5. The molecule has 0 rings (SSSR count). The number of allylic oxidation sites excluding steroid dienone is 4. The van der Waals surface area contributed by atoms with Gasteiger partial charge in [-0.25, -0.2) is 0 Å². The van der Waals surface area contributed by atoms with Gasteiger partial charge >= 0.3 is 11.9 Å². The number of carbonyl (C=O) groups excluding carboxylic acids is 2. The van der Waals surface area contributed by atoms with E-state index in [4.69, 9.17) is 9.47 Å². The Bertz CT molecular complexity index is 686. The molecule has 0 aromatic carbocycles. The largest absolute Gasteiger partial charge is 0.462 e. The smallest absolute Gasteiger partial charge is 0.306 e. The number of hydrogen-bond acceptors (Lipinski definition) is 5. The van der Waals surface area contributed by atoms with Crippen molar-refractivity contribution in [3.63, 3.8) is 0 Å². The van der Waals surface area contributed by atoms with Crippen LogP contribution in [0.5, 0.6) is 0 Å². The quantitative estimate of drug-likeness (QED) is 0.0426. The van der Waals surface area contributed by atoms with Crippen LogP contribution < -0.4 is 0 Å². The first-order valence-corrected chi connectivity index (χ1v) is 19.4. The highest BCUT2D eigenvalue weighted by Gasteiger charge is 2.16. The fourth-order valence-corrected chi connectivity index (χ4v) is 5.53. The first-order chi connectivity index (χ1) is 22.1. The van der Waals surface area contributed by atoms with Crippen molar-refractivity contribution in [1.82, 2.24) is 0 Å². The Balaban J connectivity index is 3.54. The number of unbranched alkanes of at least 4 members (excludes halogenated alkanes) is 23. The third-order valence-corrected chi connectivity index (χ3v) is 8.50. The molecule has 0 saturated heterocycles. The zero-order chi connectivity index (χ0) is 32.9. The molecule has 0 aromatic heterocycles. The van der Waals surface area contributed by atoms with Gasteiger partial charge in [-0.15, -0.1) is 0 Å². The Labute approximate surface area is 279 Å². The van der Waals surface area contributed by atoms with Crippen LogP contribution in [-0.2, 0) is 19.1 Å². The summed E-state index contributed by atoms with van der Waals surface area (Å²) in [6.45, 7) is 4.11. The van der Waals surface area contributed by atoms with Gasteiger partial charge in [0.25, 0.3) is 0 Å². The van der Waals surface area contributed by atoms with E-state index in [2.05, 4.69) is 38.2 Å². The Hall–Kier alpha value is -1.62. The highest BCUT2D eigenvalue weighted by Crippen LogP contribution is 2.14. The second-order valence-electron chi connectivity index (χ2n) is 13.0. The van der Waals surface area contributed by atoms with Gasteiger partial charge in [0.05, 0.1) is 6.61 Å². The lowest BCUT2D eigenvalue weighted by molar-refractivity contribution is -0.161. The molecule has 0 aliphatic carbocycles. The third-order valence-electron chi connectivity index (χ3n) is 8.50. The van der Waals surface area contributed by atoms with E-state index in [0.29, 0.717) is 12.8 Å². The zero-order valence-electron chi connectivity index (χ0n) is 29.9. The zero-order valence-corrected chi connectivity index (χ0v) is 29.9. The molecule has 45 heavy (non-hydrogen) atoms. The van der Waals surface area contributed by atoms with Gasteiger partial charge in [-0.2, -0.15) is 0 Å². The second kappa shape index (κ2) is 36.8. The molecule has 0 radical (unpaired) electrons. The summed E-state index contributed by atoms with van der Waals surface area (Å²) in [4.78, 5) is 24.2. The van der Waals surface area contributed by atoms with Crippen LogP contribution in [0.1, 0.15) is 200 Å². The van der Waals surface area contributed by atoms with E-state index < -0.39 is 6.10 Å². The van der Waals surface area contributed by atoms with Gasteiger partial charge in [0, 0.05) is 12.8 Å². The summed E-state index contributed by atoms with van der Waals surface area (Å²) in [5.74, 6) is -0.590. The maximum absolute atomic E-state index is 12.2. The molecule has 0 saturated carbocycles. The van der Waals surface area contributed by atoms with Crippen molar-refractivity contribution in [2.45, 2.75) is 206 Å². The van der Waals surface area contributed by atoms with Crippen LogP contribution in [0, 0.1) is 0 Å². The van der Waals surface area contributed by atoms with Crippen molar-refractivity contribution in [2.75, 3.05) is 13.2 Å². The lowest BCUT2D eigenvalue weighted by atomic mass is 10.0. The van der Waals surface area contributed by atoms with E-state index in [1.165, 1.54) is 128 Å². The molecule has 0 bridgehead atoms. The van der Waals surface area contributed by atoms with Gasteiger partial charge in [-0.05, 0) is 44.9 Å². The minimum atomic E-state index is -0.768. The van der Waals surface area contributed by atoms with Crippen molar-refractivity contribution in [3.05, 3.63) is 24.3 Å². The van der Waals surface area contributed by atoms with Gasteiger partial charge in [0.2, 0.25) is 0 Å². The Morgan fingerprint density at radius 1 is 0.511 bits per heavy atom. The van der Waals surface area contributed by atoms with Crippen LogP contribution in [0.2, 0.25) is 0 Å². The molecular formula is C40H74O5. The molecule has 0 amide bonds. The maximum atomic E-state index is 12.2. The number of rotatable bonds is 35. The van der Waals surface area contributed by atoms with Crippen LogP contribution in [0.4, 0.5) is 0 Å². The summed E-state index contributed by atoms with van der Waals surface area (Å²) in [6.07, 6.45) is 42.3. The molecule has 0 aliphatic rings. The lowest BCUT2D eigenvalue weighted by Crippen LogP contribution is -2.28. The minimum absolute atomic E-state index is 0.0633. The van der Waals surface area contributed by atoms with E-state index in [0.717, 1.165) is 44.9 Å². The molecule has 0 spiro atoms. The monoisotopic (exact) mass is 635 g/mol. The summed E-state index contributed by atoms with van der Waals surface area (Å²) >= 11 is 0. The molecule has 0 heterocycles. The Morgan fingerprint density at radius 3 is 1.36 bits per heavy atom. The predicted molar refractivity (Wildman–Crippen MR) is 191 cm³/mol. The fraction of sp³-hybridized carbons (Fsp3) is 0.850. The van der Waals surface area contributed by atoms with Crippen molar-refractivity contribution >= 4 is 11.9 Å². The number of carbonyl (C=O) groups is 2. The van der Waals surface area contributed by atoms with Crippen molar-refractivity contribution in [1.29, 1.82) is 0 Å². The van der Waals surface area contributed by atoms with E-state index in [9.17, 15) is 14.7 Å². The van der Waals surface area contributed by atoms with Gasteiger partial charge in [0.15, 0.2) is 6.10 Å². The molecule has 5 heteroatoms. The molecule has 264 valence electrons. The highest BCUT2D eigenvalue weighted by molar-refractivity contribution is 5.70. The first-order valence-electron chi connectivity index (χ1n) is 19.4. The maximum Gasteiger partial charge on any atom is 0.306 e. The molecular weight excluding hydrogens is 560 g/mol. The van der Waals surface area contributed by atoms with E-state index in [1.54, 1.807) is 0 Å². The third kappa shape index (κ3) is 35.1. The fourth-order valence-electron chi connectivity index (χ4n) is 5.53. The van der Waals surface area contributed by atoms with Crippen molar-refractivity contribution in [3.8, 4) is 0 Å². The molecule has 5 nitrogen and oxygen atoms in total. The standard InChI is InChI=1S/C40H74O5/c1-3-5-7-9-11-13-15-17-18-19-20-21-22-23-25-27-29-31-33-35-40(43)45-38(36-41)37-44-39(42)34-32-30-28-26-24-16-14-12-10-8-6-4-2/h11,13,17-18,38,41H,3-10,12,14-16,19-37H2,1-2H3/b13-11+,18-17+/t38-/m0/s1. The Morgan fingerprint density at radius 2 is 0.889 bits per heavy atom. The normalized spacial score (nSPS) is 12.3. The average Bonchev–Trinajstić information content (AvgIpc) is 3.04. The van der Waals surface area contributed by atoms with Gasteiger partial charge < -0.3 is 14.6 Å². The summed E-state index contributed by atoms with van der Waals surface area (Å²) in [5.41, 5.74) is 0. The van der Waals surface area contributed by atoms with Crippen LogP contribution >= 0.6 is 0 Å². The minimum Gasteiger partial charge on any atom is -0.462 e. The van der Waals surface area contributed by atoms with Crippen molar-refractivity contribution < 1.29 is 24.2 Å². The highest BCUT2D eigenvalue weighted by atomic mass is 16.6. The van der Waals surface area contributed by atoms with Gasteiger partial charge in [-0.1, -0.05) is 167 Å². The first kappa shape index (κ1) is 43.4. The lowest BCUT2D eigenvalue weighted by Gasteiger charge is -2.15. The molecule has 1 atom stereocenters. The second-order valence-corrected chi connectivity index (χ2v) is 13.0. The van der Waals surface area contributed by atoms with E-state index >= 15 is 0 Å². The molecule has 0 unspecified atom stereocenters. The average molecular weight is 635 g/mol. The van der Waals surface area contributed by atoms with Crippen molar-refractivity contribution in [2.24, 2.45) is 0 Å². The van der Waals surface area contributed by atoms with E-state index in [1.807, 2.05) is 0 Å². The van der Waals surface area contributed by atoms with Crippen LogP contribution in [-0.4, -0.2) is 36.4 Å². The molecule has 0 aliphatic heterocycles. The predicted octanol–water partition coefficient (Wildman–Crippen LogP) is 11.9. The van der Waals surface area contributed by atoms with Gasteiger partial charge in [-0.3, -0.25) is 9.59 Å². The number of esters is 2. The van der Waals surface area contributed by atoms with Crippen LogP contribution in [0.15, 0.2) is 24.3 Å².